The van der Waals surface area contributed by atoms with Gasteiger partial charge in [0.25, 0.3) is 5.91 Å². The fourth-order valence-corrected chi connectivity index (χ4v) is 3.97. The third-order valence-corrected chi connectivity index (χ3v) is 5.82. The summed E-state index contributed by atoms with van der Waals surface area (Å²) in [5, 5.41) is 8.08. The molecule has 1 aromatic heterocycles. The fourth-order valence-electron chi connectivity index (χ4n) is 3.79. The summed E-state index contributed by atoms with van der Waals surface area (Å²) in [6.45, 7) is 6.44. The van der Waals surface area contributed by atoms with Crippen molar-refractivity contribution in [2.24, 2.45) is 0 Å². The summed E-state index contributed by atoms with van der Waals surface area (Å²) in [7, 11) is 2.15. The maximum absolute atomic E-state index is 12.9. The first-order valence-corrected chi connectivity index (χ1v) is 10.5. The summed E-state index contributed by atoms with van der Waals surface area (Å²) < 4.78 is 1.74. The molecule has 1 aliphatic heterocycles. The van der Waals surface area contributed by atoms with Gasteiger partial charge in [-0.15, -0.1) is 0 Å². The first kappa shape index (κ1) is 20.4. The molecule has 1 aliphatic rings. The molecule has 7 heteroatoms. The van der Waals surface area contributed by atoms with Crippen LogP contribution in [0, 0.1) is 6.92 Å². The van der Waals surface area contributed by atoms with Gasteiger partial charge in [0.1, 0.15) is 0 Å². The molecule has 0 bridgehead atoms. The van der Waals surface area contributed by atoms with Gasteiger partial charge in [0.15, 0.2) is 0 Å². The van der Waals surface area contributed by atoms with E-state index < -0.39 is 0 Å². The van der Waals surface area contributed by atoms with Gasteiger partial charge in [0.2, 0.25) is 0 Å². The predicted molar refractivity (Wildman–Crippen MR) is 121 cm³/mol. The van der Waals surface area contributed by atoms with Gasteiger partial charge in [-0.25, -0.2) is 4.68 Å². The number of hydrogen-bond acceptors (Lipinski definition) is 4. The van der Waals surface area contributed by atoms with Gasteiger partial charge >= 0.3 is 0 Å². The molecular weight excluding hydrogens is 398 g/mol. The zero-order chi connectivity index (χ0) is 21.1. The van der Waals surface area contributed by atoms with Crippen LogP contribution in [0.5, 0.6) is 0 Å². The first-order chi connectivity index (χ1) is 14.5. The lowest BCUT2D eigenvalue weighted by atomic mass is 10.1. The van der Waals surface area contributed by atoms with E-state index >= 15 is 0 Å². The summed E-state index contributed by atoms with van der Waals surface area (Å²) in [4.78, 5) is 17.6. The average molecular weight is 424 g/mol. The third kappa shape index (κ3) is 4.35. The van der Waals surface area contributed by atoms with Crippen molar-refractivity contribution >= 4 is 23.2 Å². The molecular formula is C23H26ClN5O. The van der Waals surface area contributed by atoms with Crippen molar-refractivity contribution in [1.29, 1.82) is 0 Å². The van der Waals surface area contributed by atoms with E-state index in [1.165, 1.54) is 5.69 Å². The highest BCUT2D eigenvalue weighted by atomic mass is 35.5. The van der Waals surface area contributed by atoms with Gasteiger partial charge in [-0.2, -0.15) is 5.10 Å². The van der Waals surface area contributed by atoms with Crippen LogP contribution in [-0.4, -0.2) is 53.8 Å². The molecule has 1 N–H and O–H groups in total. The minimum atomic E-state index is -0.131. The van der Waals surface area contributed by atoms with E-state index in [1.54, 1.807) is 10.9 Å². The van der Waals surface area contributed by atoms with Crippen molar-refractivity contribution in [3.05, 3.63) is 76.6 Å². The average Bonchev–Trinajstić information content (AvgIpc) is 3.14. The summed E-state index contributed by atoms with van der Waals surface area (Å²) in [5.41, 5.74) is 4.49. The molecule has 6 nitrogen and oxygen atoms in total. The molecule has 2 aromatic carbocycles. The van der Waals surface area contributed by atoms with Crippen molar-refractivity contribution in [2.45, 2.75) is 13.5 Å². The zero-order valence-corrected chi connectivity index (χ0v) is 18.1. The van der Waals surface area contributed by atoms with Crippen LogP contribution in [0.3, 0.4) is 0 Å². The summed E-state index contributed by atoms with van der Waals surface area (Å²) in [5.74, 6) is -0.131. The Kier molecular flexibility index (Phi) is 6.06. The van der Waals surface area contributed by atoms with Crippen LogP contribution >= 0.6 is 11.6 Å². The SMILES string of the molecule is Cc1c(C(=O)NCc2ccccc2N2CCN(C)CC2)cnn1-c1cccc(Cl)c1. The Labute approximate surface area is 182 Å². The molecule has 3 aromatic rings. The number of carbonyl (C=O) groups is 1. The second-order valence-electron chi connectivity index (χ2n) is 7.64. The predicted octanol–water partition coefficient (Wildman–Crippen LogP) is 3.52. The molecule has 0 saturated carbocycles. The second-order valence-corrected chi connectivity index (χ2v) is 8.07. The fraction of sp³-hybridized carbons (Fsp3) is 0.304. The number of piperazine rings is 1. The minimum Gasteiger partial charge on any atom is -0.369 e. The Balaban J connectivity index is 1.47. The van der Waals surface area contributed by atoms with Crippen LogP contribution in [0.1, 0.15) is 21.6 Å². The van der Waals surface area contributed by atoms with E-state index in [1.807, 2.05) is 37.3 Å². The van der Waals surface area contributed by atoms with Crippen molar-refractivity contribution < 1.29 is 4.79 Å². The molecule has 1 saturated heterocycles. The van der Waals surface area contributed by atoms with Crippen molar-refractivity contribution in [1.82, 2.24) is 20.0 Å². The Morgan fingerprint density at radius 3 is 2.63 bits per heavy atom. The highest BCUT2D eigenvalue weighted by Gasteiger charge is 2.18. The van der Waals surface area contributed by atoms with Crippen LogP contribution in [0.15, 0.2) is 54.7 Å². The molecule has 4 rings (SSSR count). The number of nitrogens with zero attached hydrogens (tertiary/aromatic N) is 4. The molecule has 0 aliphatic carbocycles. The van der Waals surface area contributed by atoms with Gasteiger partial charge in [-0.05, 0) is 43.8 Å². The highest BCUT2D eigenvalue weighted by molar-refractivity contribution is 6.30. The number of rotatable bonds is 5. The normalized spacial score (nSPS) is 14.7. The second kappa shape index (κ2) is 8.90. The Morgan fingerprint density at radius 2 is 1.87 bits per heavy atom. The van der Waals surface area contributed by atoms with Crippen LogP contribution in [0.4, 0.5) is 5.69 Å². The number of halogens is 1. The minimum absolute atomic E-state index is 0.131. The number of para-hydroxylation sites is 1. The smallest absolute Gasteiger partial charge is 0.255 e. The zero-order valence-electron chi connectivity index (χ0n) is 17.3. The number of hydrogen-bond donors (Lipinski definition) is 1. The van der Waals surface area contributed by atoms with Gasteiger partial charge in [0, 0.05) is 43.4 Å². The molecule has 0 unspecified atom stereocenters. The number of aromatic nitrogens is 2. The van der Waals surface area contributed by atoms with Crippen molar-refractivity contribution in [3.8, 4) is 5.69 Å². The monoisotopic (exact) mass is 423 g/mol. The van der Waals surface area contributed by atoms with Gasteiger partial charge in [-0.3, -0.25) is 4.79 Å². The Hall–Kier alpha value is -2.83. The quantitative estimate of drug-likeness (QED) is 0.682. The number of anilines is 1. The van der Waals surface area contributed by atoms with E-state index in [2.05, 4.69) is 45.5 Å². The standard InChI is InChI=1S/C23H26ClN5O/c1-17-21(16-26-29(17)20-8-5-7-19(24)14-20)23(30)25-15-18-6-3-4-9-22(18)28-12-10-27(2)11-13-28/h3-9,14,16H,10-13,15H2,1-2H3,(H,25,30). The Bertz CT molecular complexity index is 1040. The Morgan fingerprint density at radius 1 is 1.10 bits per heavy atom. The molecule has 0 atom stereocenters. The summed E-state index contributed by atoms with van der Waals surface area (Å²) in [6, 6.07) is 15.7. The van der Waals surface area contributed by atoms with Gasteiger partial charge < -0.3 is 15.1 Å². The van der Waals surface area contributed by atoms with E-state index in [9.17, 15) is 4.79 Å². The van der Waals surface area contributed by atoms with Crippen LogP contribution in [-0.2, 0) is 6.54 Å². The topological polar surface area (TPSA) is 53.4 Å². The molecule has 30 heavy (non-hydrogen) atoms. The van der Waals surface area contributed by atoms with Gasteiger partial charge in [0.05, 0.1) is 23.1 Å². The lowest BCUT2D eigenvalue weighted by Gasteiger charge is -2.35. The third-order valence-electron chi connectivity index (χ3n) is 5.58. The van der Waals surface area contributed by atoms with Crippen LogP contribution < -0.4 is 10.2 Å². The molecule has 1 amide bonds. The van der Waals surface area contributed by atoms with Crippen LogP contribution in [0.2, 0.25) is 5.02 Å². The molecule has 1 fully saturated rings. The molecule has 0 spiro atoms. The van der Waals surface area contributed by atoms with Crippen molar-refractivity contribution in [2.75, 3.05) is 38.1 Å². The molecule has 0 radical (unpaired) electrons. The summed E-state index contributed by atoms with van der Waals surface area (Å²) >= 11 is 6.09. The highest BCUT2D eigenvalue weighted by Crippen LogP contribution is 2.22. The van der Waals surface area contributed by atoms with E-state index in [-0.39, 0.29) is 5.91 Å². The lowest BCUT2D eigenvalue weighted by molar-refractivity contribution is 0.0950. The maximum Gasteiger partial charge on any atom is 0.255 e. The number of carbonyl (C=O) groups excluding carboxylic acids is 1. The molecule has 2 heterocycles. The van der Waals surface area contributed by atoms with E-state index in [4.69, 9.17) is 11.6 Å². The van der Waals surface area contributed by atoms with Gasteiger partial charge in [-0.1, -0.05) is 35.9 Å². The number of amides is 1. The number of likely N-dealkylation sites (N-methyl/N-ethyl adjacent to an activating group) is 1. The number of benzene rings is 2. The van der Waals surface area contributed by atoms with Crippen LogP contribution in [0.25, 0.3) is 5.69 Å². The van der Waals surface area contributed by atoms with E-state index in [0.29, 0.717) is 17.1 Å². The van der Waals surface area contributed by atoms with Crippen molar-refractivity contribution in [3.63, 3.8) is 0 Å². The first-order valence-electron chi connectivity index (χ1n) is 10.1. The largest absolute Gasteiger partial charge is 0.369 e. The summed E-state index contributed by atoms with van der Waals surface area (Å²) in [6.07, 6.45) is 1.61. The lowest BCUT2D eigenvalue weighted by Crippen LogP contribution is -2.45. The van der Waals surface area contributed by atoms with E-state index in [0.717, 1.165) is 43.1 Å². The molecule has 156 valence electrons. The number of nitrogens with one attached hydrogen (secondary N) is 1. The maximum atomic E-state index is 12.9.